The number of hydrogen-bond donors (Lipinski definition) is 1. The summed E-state index contributed by atoms with van der Waals surface area (Å²) in [7, 11) is 2.06. The molecule has 0 bridgehead atoms. The van der Waals surface area contributed by atoms with Crippen molar-refractivity contribution in [2.75, 3.05) is 7.05 Å². The van der Waals surface area contributed by atoms with Crippen LogP contribution >= 0.6 is 0 Å². The highest BCUT2D eigenvalue weighted by atomic mass is 15.1. The number of hydrogen-bond acceptors (Lipinski definition) is 2. The topological polar surface area (TPSA) is 29.9 Å². The van der Waals surface area contributed by atoms with Crippen molar-refractivity contribution in [3.63, 3.8) is 0 Å². The number of imidazole rings is 1. The average Bonchev–Trinajstić information content (AvgIpc) is 3.09. The fraction of sp³-hybridized carbons (Fsp3) is 0.500. The molecule has 1 saturated carbocycles. The molecule has 1 N–H and O–H groups in total. The van der Waals surface area contributed by atoms with Crippen LogP contribution in [0.1, 0.15) is 19.3 Å². The van der Waals surface area contributed by atoms with E-state index in [4.69, 9.17) is 0 Å². The smallest absolute Gasteiger partial charge is 0.0958 e. The van der Waals surface area contributed by atoms with Gasteiger partial charge in [-0.15, -0.1) is 0 Å². The van der Waals surface area contributed by atoms with E-state index in [-0.39, 0.29) is 0 Å². The largest absolute Gasteiger partial charge is 0.329 e. The van der Waals surface area contributed by atoms with Crippen molar-refractivity contribution >= 4 is 11.0 Å². The van der Waals surface area contributed by atoms with Crippen LogP contribution in [0.25, 0.3) is 11.0 Å². The Balaban J connectivity index is 1.78. The summed E-state index contributed by atoms with van der Waals surface area (Å²) >= 11 is 0. The third-order valence-corrected chi connectivity index (χ3v) is 3.67. The molecule has 0 spiro atoms. The molecule has 17 heavy (non-hydrogen) atoms. The molecule has 0 amide bonds. The minimum absolute atomic E-state index is 0.570. The maximum atomic E-state index is 4.44. The quantitative estimate of drug-likeness (QED) is 0.853. The van der Waals surface area contributed by atoms with E-state index < -0.39 is 0 Å². The summed E-state index contributed by atoms with van der Waals surface area (Å²) in [5.41, 5.74) is 2.33. The van der Waals surface area contributed by atoms with E-state index >= 15 is 0 Å². The molecule has 1 heterocycles. The predicted octanol–water partition coefficient (Wildman–Crippen LogP) is 2.42. The van der Waals surface area contributed by atoms with Gasteiger partial charge in [-0.3, -0.25) is 0 Å². The van der Waals surface area contributed by atoms with E-state index in [1.54, 1.807) is 0 Å². The molecule has 0 radical (unpaired) electrons. The fourth-order valence-electron chi connectivity index (χ4n) is 2.43. The normalized spacial score (nSPS) is 17.5. The molecule has 90 valence electrons. The Hall–Kier alpha value is -1.35. The first-order valence-electron chi connectivity index (χ1n) is 6.44. The first-order valence-corrected chi connectivity index (χ1v) is 6.44. The van der Waals surface area contributed by atoms with Crippen molar-refractivity contribution in [2.24, 2.45) is 5.92 Å². The van der Waals surface area contributed by atoms with Crippen LogP contribution in [0.3, 0.4) is 0 Å². The molecule has 2 aromatic rings. The Kier molecular flexibility index (Phi) is 2.85. The standard InChI is InChI=1S/C14H19N3/c1-15-12(8-11-6-7-11)9-17-10-16-13-4-2-3-5-14(13)17/h2-5,10-12,15H,6-9H2,1H3. The molecule has 1 aromatic heterocycles. The third-order valence-electron chi connectivity index (χ3n) is 3.67. The number of nitrogens with zero attached hydrogens (tertiary/aromatic N) is 2. The number of rotatable bonds is 5. The Labute approximate surface area is 102 Å². The van der Waals surface area contributed by atoms with Crippen LogP contribution in [0.2, 0.25) is 0 Å². The molecule has 1 atom stereocenters. The Morgan fingerprint density at radius 3 is 3.00 bits per heavy atom. The molecule has 0 saturated heterocycles. The third kappa shape index (κ3) is 2.34. The summed E-state index contributed by atoms with van der Waals surface area (Å²) in [4.78, 5) is 4.44. The number of para-hydroxylation sites is 2. The van der Waals surface area contributed by atoms with Crippen LogP contribution in [0, 0.1) is 5.92 Å². The van der Waals surface area contributed by atoms with Gasteiger partial charge < -0.3 is 9.88 Å². The second-order valence-electron chi connectivity index (χ2n) is 5.05. The number of aromatic nitrogens is 2. The molecule has 1 aliphatic carbocycles. The minimum atomic E-state index is 0.570. The molecular formula is C14H19N3. The Morgan fingerprint density at radius 1 is 1.41 bits per heavy atom. The van der Waals surface area contributed by atoms with E-state index in [9.17, 15) is 0 Å². The van der Waals surface area contributed by atoms with Gasteiger partial charge in [0.25, 0.3) is 0 Å². The van der Waals surface area contributed by atoms with E-state index in [0.717, 1.165) is 18.0 Å². The van der Waals surface area contributed by atoms with Gasteiger partial charge in [0.1, 0.15) is 0 Å². The first kappa shape index (κ1) is 10.8. The van der Waals surface area contributed by atoms with Crippen molar-refractivity contribution in [2.45, 2.75) is 31.8 Å². The van der Waals surface area contributed by atoms with Crippen molar-refractivity contribution < 1.29 is 0 Å². The van der Waals surface area contributed by atoms with Gasteiger partial charge in [0.15, 0.2) is 0 Å². The highest BCUT2D eigenvalue weighted by Crippen LogP contribution is 2.33. The highest BCUT2D eigenvalue weighted by Gasteiger charge is 2.25. The summed E-state index contributed by atoms with van der Waals surface area (Å²) in [6.07, 6.45) is 6.09. The van der Waals surface area contributed by atoms with Crippen LogP contribution < -0.4 is 5.32 Å². The summed E-state index contributed by atoms with van der Waals surface area (Å²) in [6, 6.07) is 8.91. The zero-order valence-electron chi connectivity index (χ0n) is 10.3. The Morgan fingerprint density at radius 2 is 2.24 bits per heavy atom. The van der Waals surface area contributed by atoms with E-state index in [1.165, 1.54) is 24.8 Å². The van der Waals surface area contributed by atoms with Crippen LogP contribution in [0.15, 0.2) is 30.6 Å². The summed E-state index contributed by atoms with van der Waals surface area (Å²) in [5, 5.41) is 3.43. The fourth-order valence-corrected chi connectivity index (χ4v) is 2.43. The summed E-state index contributed by atoms with van der Waals surface area (Å²) in [5.74, 6) is 0.960. The predicted molar refractivity (Wildman–Crippen MR) is 69.9 cm³/mol. The highest BCUT2D eigenvalue weighted by molar-refractivity contribution is 5.74. The zero-order chi connectivity index (χ0) is 11.7. The van der Waals surface area contributed by atoms with Gasteiger partial charge in [0, 0.05) is 12.6 Å². The SMILES string of the molecule is CNC(CC1CC1)Cn1cnc2ccccc21. The second-order valence-corrected chi connectivity index (χ2v) is 5.05. The van der Waals surface area contributed by atoms with Crippen LogP contribution in [0.5, 0.6) is 0 Å². The number of nitrogens with one attached hydrogen (secondary N) is 1. The van der Waals surface area contributed by atoms with E-state index in [1.807, 2.05) is 12.4 Å². The van der Waals surface area contributed by atoms with Crippen molar-refractivity contribution in [1.29, 1.82) is 0 Å². The average molecular weight is 229 g/mol. The summed E-state index contributed by atoms with van der Waals surface area (Å²) < 4.78 is 2.26. The Bertz CT molecular complexity index is 499. The lowest BCUT2D eigenvalue weighted by Gasteiger charge is -2.16. The number of benzene rings is 1. The van der Waals surface area contributed by atoms with Crippen molar-refractivity contribution in [3.8, 4) is 0 Å². The van der Waals surface area contributed by atoms with Crippen LogP contribution in [0.4, 0.5) is 0 Å². The second kappa shape index (κ2) is 4.49. The van der Waals surface area contributed by atoms with Crippen LogP contribution in [-0.4, -0.2) is 22.6 Å². The molecule has 3 nitrogen and oxygen atoms in total. The zero-order valence-corrected chi connectivity index (χ0v) is 10.3. The lowest BCUT2D eigenvalue weighted by molar-refractivity contribution is 0.437. The molecule has 1 aromatic carbocycles. The molecular weight excluding hydrogens is 210 g/mol. The summed E-state index contributed by atoms with van der Waals surface area (Å²) in [6.45, 7) is 1.02. The van der Waals surface area contributed by atoms with Gasteiger partial charge in [0.05, 0.1) is 17.4 Å². The number of likely N-dealkylation sites (N-methyl/N-ethyl adjacent to an activating group) is 1. The first-order chi connectivity index (χ1) is 8.36. The minimum Gasteiger partial charge on any atom is -0.329 e. The van der Waals surface area contributed by atoms with Gasteiger partial charge in [-0.25, -0.2) is 4.98 Å². The van der Waals surface area contributed by atoms with E-state index in [2.05, 4.69) is 40.1 Å². The lowest BCUT2D eigenvalue weighted by Crippen LogP contribution is -2.30. The lowest BCUT2D eigenvalue weighted by atomic mass is 10.1. The van der Waals surface area contributed by atoms with Gasteiger partial charge in [-0.2, -0.15) is 0 Å². The van der Waals surface area contributed by atoms with Gasteiger partial charge in [-0.1, -0.05) is 25.0 Å². The van der Waals surface area contributed by atoms with E-state index in [0.29, 0.717) is 6.04 Å². The van der Waals surface area contributed by atoms with Gasteiger partial charge in [0.2, 0.25) is 0 Å². The van der Waals surface area contributed by atoms with Crippen molar-refractivity contribution in [3.05, 3.63) is 30.6 Å². The number of fused-ring (bicyclic) bond motifs is 1. The molecule has 1 unspecified atom stereocenters. The van der Waals surface area contributed by atoms with Crippen LogP contribution in [-0.2, 0) is 6.54 Å². The maximum absolute atomic E-state index is 4.44. The molecule has 3 rings (SSSR count). The van der Waals surface area contributed by atoms with Gasteiger partial charge >= 0.3 is 0 Å². The molecule has 3 heteroatoms. The maximum Gasteiger partial charge on any atom is 0.0958 e. The molecule has 1 fully saturated rings. The van der Waals surface area contributed by atoms with Crippen molar-refractivity contribution in [1.82, 2.24) is 14.9 Å². The molecule has 0 aliphatic heterocycles. The van der Waals surface area contributed by atoms with Gasteiger partial charge in [-0.05, 0) is 31.5 Å². The molecule has 1 aliphatic rings. The monoisotopic (exact) mass is 229 g/mol.